The van der Waals surface area contributed by atoms with Crippen molar-refractivity contribution in [3.8, 4) is 0 Å². The van der Waals surface area contributed by atoms with E-state index in [9.17, 15) is 14.7 Å². The molecule has 2 heterocycles. The lowest BCUT2D eigenvalue weighted by Gasteiger charge is -2.20. The molecule has 27 heavy (non-hydrogen) atoms. The number of H-pyrrole nitrogens is 1. The summed E-state index contributed by atoms with van der Waals surface area (Å²) < 4.78 is 0.900. The Hall–Kier alpha value is -2.13. The number of aromatic nitrogens is 1. The first-order valence-corrected chi connectivity index (χ1v) is 10.3. The summed E-state index contributed by atoms with van der Waals surface area (Å²) in [7, 11) is 3.89. The Balaban J connectivity index is 1.83. The number of nitrogens with one attached hydrogen (secondary N) is 2. The number of hydrogen-bond donors (Lipinski definition) is 3. The van der Waals surface area contributed by atoms with Gasteiger partial charge in [0.05, 0.1) is 17.3 Å². The SMILES string of the molecule is CSC1=C(CC(NC(=O)c2c[nH]c3cc(Br)ccc23)C(=O)O)N(C)CN1C. The fourth-order valence-corrected chi connectivity index (χ4v) is 4.49. The van der Waals surface area contributed by atoms with Gasteiger partial charge in [0.25, 0.3) is 5.91 Å². The third-order valence-corrected chi connectivity index (χ3v) is 5.99. The van der Waals surface area contributed by atoms with Crippen molar-refractivity contribution in [1.82, 2.24) is 20.1 Å². The van der Waals surface area contributed by atoms with E-state index < -0.39 is 17.9 Å². The molecule has 1 aliphatic heterocycles. The summed E-state index contributed by atoms with van der Waals surface area (Å²) >= 11 is 4.97. The van der Waals surface area contributed by atoms with Crippen LogP contribution in [0.5, 0.6) is 0 Å². The maximum atomic E-state index is 12.7. The number of hydrogen-bond acceptors (Lipinski definition) is 5. The van der Waals surface area contributed by atoms with Gasteiger partial charge in [-0.3, -0.25) is 4.79 Å². The quantitative estimate of drug-likeness (QED) is 0.624. The summed E-state index contributed by atoms with van der Waals surface area (Å²) in [6.45, 7) is 0.698. The highest BCUT2D eigenvalue weighted by atomic mass is 79.9. The van der Waals surface area contributed by atoms with Crippen LogP contribution in [0.25, 0.3) is 10.9 Å². The van der Waals surface area contributed by atoms with Gasteiger partial charge in [0, 0.05) is 47.8 Å². The minimum absolute atomic E-state index is 0.228. The molecule has 0 aliphatic carbocycles. The molecule has 0 radical (unpaired) electrons. The van der Waals surface area contributed by atoms with Gasteiger partial charge in [-0.05, 0) is 18.4 Å². The summed E-state index contributed by atoms with van der Waals surface area (Å²) in [6, 6.07) is 4.54. The van der Waals surface area contributed by atoms with E-state index in [-0.39, 0.29) is 6.42 Å². The molecule has 1 aliphatic rings. The molecule has 0 saturated heterocycles. The molecular weight excluding hydrogens is 432 g/mol. The Labute approximate surface area is 169 Å². The lowest BCUT2D eigenvalue weighted by molar-refractivity contribution is -0.139. The topological polar surface area (TPSA) is 88.7 Å². The van der Waals surface area contributed by atoms with E-state index in [1.54, 1.807) is 18.0 Å². The van der Waals surface area contributed by atoms with E-state index in [0.29, 0.717) is 12.2 Å². The molecule has 1 aromatic heterocycles. The lowest BCUT2D eigenvalue weighted by atomic mass is 10.1. The normalized spacial score (nSPS) is 15.6. The second-order valence-electron chi connectivity index (χ2n) is 6.45. The first-order chi connectivity index (χ1) is 12.8. The Morgan fingerprint density at radius 2 is 2.11 bits per heavy atom. The number of aliphatic carboxylic acids is 1. The number of carbonyl (C=O) groups is 2. The first-order valence-electron chi connectivity index (χ1n) is 8.31. The number of aromatic amines is 1. The fraction of sp³-hybridized carbons (Fsp3) is 0.333. The minimum atomic E-state index is -1.05. The van der Waals surface area contributed by atoms with Crippen LogP contribution in [-0.4, -0.2) is 64.8 Å². The van der Waals surface area contributed by atoms with Crippen molar-refractivity contribution < 1.29 is 14.7 Å². The molecule has 2 aromatic rings. The number of halogens is 1. The highest BCUT2D eigenvalue weighted by Crippen LogP contribution is 2.31. The summed E-state index contributed by atoms with van der Waals surface area (Å²) in [4.78, 5) is 31.7. The molecule has 1 atom stereocenters. The van der Waals surface area contributed by atoms with Crippen molar-refractivity contribution in [3.63, 3.8) is 0 Å². The van der Waals surface area contributed by atoms with Gasteiger partial charge in [0.15, 0.2) is 0 Å². The lowest BCUT2D eigenvalue weighted by Crippen LogP contribution is -2.42. The van der Waals surface area contributed by atoms with E-state index in [1.165, 1.54) is 0 Å². The van der Waals surface area contributed by atoms with Crippen LogP contribution in [0.15, 0.2) is 39.6 Å². The minimum Gasteiger partial charge on any atom is -0.480 e. The number of fused-ring (bicyclic) bond motifs is 1. The molecule has 0 spiro atoms. The van der Waals surface area contributed by atoms with Crippen LogP contribution in [0.2, 0.25) is 0 Å². The highest BCUT2D eigenvalue weighted by Gasteiger charge is 2.30. The number of carboxylic acids is 1. The number of nitrogens with zero attached hydrogens (tertiary/aromatic N) is 2. The molecule has 144 valence electrons. The number of amides is 1. The second kappa shape index (κ2) is 7.85. The summed E-state index contributed by atoms with van der Waals surface area (Å²) in [5, 5.41) is 14.1. The van der Waals surface area contributed by atoms with E-state index >= 15 is 0 Å². The van der Waals surface area contributed by atoms with Gasteiger partial charge in [0.1, 0.15) is 6.04 Å². The molecule has 1 aromatic carbocycles. The molecule has 3 rings (SSSR count). The van der Waals surface area contributed by atoms with Gasteiger partial charge in [-0.15, -0.1) is 11.8 Å². The molecule has 0 bridgehead atoms. The Morgan fingerprint density at radius 1 is 1.37 bits per heavy atom. The molecule has 0 fully saturated rings. The van der Waals surface area contributed by atoms with Crippen molar-refractivity contribution in [1.29, 1.82) is 0 Å². The van der Waals surface area contributed by atoms with E-state index in [0.717, 1.165) is 26.1 Å². The van der Waals surface area contributed by atoms with Crippen LogP contribution >= 0.6 is 27.7 Å². The van der Waals surface area contributed by atoms with Crippen molar-refractivity contribution >= 4 is 50.5 Å². The van der Waals surface area contributed by atoms with Gasteiger partial charge in [-0.25, -0.2) is 4.79 Å². The van der Waals surface area contributed by atoms with E-state index in [2.05, 4.69) is 31.1 Å². The number of carbonyl (C=O) groups excluding carboxylic acids is 1. The summed E-state index contributed by atoms with van der Waals surface area (Å²) in [5.74, 6) is -1.46. The highest BCUT2D eigenvalue weighted by molar-refractivity contribution is 9.10. The van der Waals surface area contributed by atoms with Crippen LogP contribution in [0.3, 0.4) is 0 Å². The van der Waals surface area contributed by atoms with E-state index in [1.807, 2.05) is 43.5 Å². The largest absolute Gasteiger partial charge is 0.480 e. The first kappa shape index (κ1) is 19.6. The van der Waals surface area contributed by atoms with Crippen molar-refractivity contribution in [2.75, 3.05) is 27.0 Å². The Kier molecular flexibility index (Phi) is 5.71. The molecule has 7 nitrogen and oxygen atoms in total. The number of thioether (sulfide) groups is 1. The predicted octanol–water partition coefficient (Wildman–Crippen LogP) is 2.87. The molecular formula is C18H21BrN4O3S. The van der Waals surface area contributed by atoms with Gasteiger partial charge < -0.3 is 25.2 Å². The predicted molar refractivity (Wildman–Crippen MR) is 110 cm³/mol. The van der Waals surface area contributed by atoms with Crippen molar-refractivity contribution in [2.24, 2.45) is 0 Å². The van der Waals surface area contributed by atoms with Crippen molar-refractivity contribution in [3.05, 3.63) is 45.2 Å². The van der Waals surface area contributed by atoms with Crippen LogP contribution in [0.1, 0.15) is 16.8 Å². The summed E-state index contributed by atoms with van der Waals surface area (Å²) in [6.07, 6.45) is 3.79. The molecule has 0 saturated carbocycles. The molecule has 1 unspecified atom stereocenters. The average molecular weight is 453 g/mol. The summed E-state index contributed by atoms with van der Waals surface area (Å²) in [5.41, 5.74) is 2.16. The zero-order valence-corrected chi connectivity index (χ0v) is 17.6. The van der Waals surface area contributed by atoms with Gasteiger partial charge >= 0.3 is 5.97 Å². The molecule has 1 amide bonds. The zero-order valence-electron chi connectivity index (χ0n) is 15.2. The average Bonchev–Trinajstić information content (AvgIpc) is 3.14. The maximum Gasteiger partial charge on any atom is 0.326 e. The van der Waals surface area contributed by atoms with Crippen molar-refractivity contribution in [2.45, 2.75) is 12.5 Å². The monoisotopic (exact) mass is 452 g/mol. The third-order valence-electron chi connectivity index (χ3n) is 4.56. The Bertz CT molecular complexity index is 926. The zero-order chi connectivity index (χ0) is 19.7. The third kappa shape index (κ3) is 3.93. The fourth-order valence-electron chi connectivity index (χ4n) is 3.28. The second-order valence-corrected chi connectivity index (χ2v) is 8.16. The number of benzene rings is 1. The smallest absolute Gasteiger partial charge is 0.326 e. The van der Waals surface area contributed by atoms with E-state index in [4.69, 9.17) is 0 Å². The van der Waals surface area contributed by atoms with Crippen LogP contribution < -0.4 is 5.32 Å². The van der Waals surface area contributed by atoms with Gasteiger partial charge in [0.2, 0.25) is 0 Å². The van der Waals surface area contributed by atoms with Crippen LogP contribution in [0.4, 0.5) is 0 Å². The Morgan fingerprint density at radius 3 is 2.78 bits per heavy atom. The number of rotatable bonds is 6. The van der Waals surface area contributed by atoms with Gasteiger partial charge in [-0.2, -0.15) is 0 Å². The van der Waals surface area contributed by atoms with Crippen LogP contribution in [0, 0.1) is 0 Å². The van der Waals surface area contributed by atoms with Gasteiger partial charge in [-0.1, -0.05) is 22.0 Å². The number of carboxylic acid groups (broad SMARTS) is 1. The van der Waals surface area contributed by atoms with Crippen LogP contribution in [-0.2, 0) is 4.79 Å². The maximum absolute atomic E-state index is 12.7. The standard InChI is InChI=1S/C18H21BrN4O3S/c1-22-9-23(2)17(27-3)15(22)7-14(18(25)26)21-16(24)12-8-20-13-6-10(19)4-5-11(12)13/h4-6,8,14,20H,7,9H2,1-3H3,(H,21,24)(H,25,26). The molecule has 3 N–H and O–H groups in total. The molecule has 9 heteroatoms.